The summed E-state index contributed by atoms with van der Waals surface area (Å²) in [6, 6.07) is 9.67. The third-order valence-corrected chi connectivity index (χ3v) is 4.58. The zero-order valence-electron chi connectivity index (χ0n) is 12.5. The number of thioether (sulfide) groups is 1. The van der Waals surface area contributed by atoms with Gasteiger partial charge in [0.1, 0.15) is 0 Å². The normalized spacial score (nSPS) is 11.2. The van der Waals surface area contributed by atoms with Crippen molar-refractivity contribution >= 4 is 39.9 Å². The molecule has 0 aliphatic carbocycles. The maximum absolute atomic E-state index is 8.49. The van der Waals surface area contributed by atoms with Crippen LogP contribution in [0.15, 0.2) is 34.6 Å². The average molecular weight is 346 g/mol. The first kappa shape index (κ1) is 17.1. The Kier molecular flexibility index (Phi) is 6.72. The standard InChI is InChI=1S/C15H18N6S2/c16-5-2-6-22-9-13-10-23-15(20-13)21-14(18)19-8-11-3-1-4-12(17)7-11/h1,3-4,7,10H,2,6,8-9,17H2,(H3,18,19,20,21). The van der Waals surface area contributed by atoms with Crippen LogP contribution in [-0.4, -0.2) is 16.7 Å². The Hall–Kier alpha value is -2.24. The lowest BCUT2D eigenvalue weighted by atomic mass is 10.2. The van der Waals surface area contributed by atoms with Crippen LogP contribution in [0.4, 0.5) is 10.8 Å². The zero-order valence-corrected chi connectivity index (χ0v) is 14.2. The van der Waals surface area contributed by atoms with E-state index in [9.17, 15) is 0 Å². The molecule has 2 aromatic rings. The Morgan fingerprint density at radius 3 is 3.13 bits per heavy atom. The SMILES string of the molecule is N#CCCSCc1csc(NC(N)=NCc2cccc(N)c2)n1. The van der Waals surface area contributed by atoms with Gasteiger partial charge in [0.05, 0.1) is 18.3 Å². The van der Waals surface area contributed by atoms with E-state index in [1.54, 1.807) is 11.8 Å². The fourth-order valence-electron chi connectivity index (χ4n) is 1.74. The van der Waals surface area contributed by atoms with Gasteiger partial charge in [0, 0.05) is 29.0 Å². The number of aliphatic imine (C=N–C) groups is 1. The monoisotopic (exact) mass is 346 g/mol. The summed E-state index contributed by atoms with van der Waals surface area (Å²) in [5, 5.41) is 14.2. The fraction of sp³-hybridized carbons (Fsp3) is 0.267. The molecule has 0 saturated heterocycles. The number of nitriles is 1. The van der Waals surface area contributed by atoms with Crippen molar-refractivity contribution < 1.29 is 0 Å². The maximum atomic E-state index is 8.49. The number of rotatable bonds is 7. The number of anilines is 2. The van der Waals surface area contributed by atoms with Crippen molar-refractivity contribution in [3.63, 3.8) is 0 Å². The largest absolute Gasteiger partial charge is 0.399 e. The molecule has 0 saturated carbocycles. The number of aromatic nitrogens is 1. The summed E-state index contributed by atoms with van der Waals surface area (Å²) in [5.74, 6) is 1.94. The molecule has 0 bridgehead atoms. The van der Waals surface area contributed by atoms with Gasteiger partial charge in [-0.15, -0.1) is 11.3 Å². The van der Waals surface area contributed by atoms with Crippen molar-refractivity contribution in [3.05, 3.63) is 40.9 Å². The number of guanidine groups is 1. The van der Waals surface area contributed by atoms with Gasteiger partial charge in [0.15, 0.2) is 11.1 Å². The number of thiazole rings is 1. The van der Waals surface area contributed by atoms with Gasteiger partial charge in [0.25, 0.3) is 0 Å². The predicted molar refractivity (Wildman–Crippen MR) is 98.3 cm³/mol. The molecule has 8 heteroatoms. The fourth-order valence-corrected chi connectivity index (χ4v) is 3.30. The van der Waals surface area contributed by atoms with Crippen LogP contribution < -0.4 is 16.8 Å². The minimum Gasteiger partial charge on any atom is -0.399 e. The van der Waals surface area contributed by atoms with Crippen molar-refractivity contribution in [2.75, 3.05) is 16.8 Å². The summed E-state index contributed by atoms with van der Waals surface area (Å²) in [4.78, 5) is 8.72. The highest BCUT2D eigenvalue weighted by Crippen LogP contribution is 2.19. The van der Waals surface area contributed by atoms with Crippen LogP contribution in [0.5, 0.6) is 0 Å². The van der Waals surface area contributed by atoms with Gasteiger partial charge in [-0.3, -0.25) is 0 Å². The lowest BCUT2D eigenvalue weighted by Gasteiger charge is -2.02. The lowest BCUT2D eigenvalue weighted by Crippen LogP contribution is -2.22. The van der Waals surface area contributed by atoms with Crippen LogP contribution in [0.1, 0.15) is 17.7 Å². The molecule has 5 N–H and O–H groups in total. The van der Waals surface area contributed by atoms with Gasteiger partial charge in [-0.05, 0) is 17.7 Å². The molecule has 120 valence electrons. The summed E-state index contributed by atoms with van der Waals surface area (Å²) in [6.45, 7) is 0.464. The number of hydrogen-bond donors (Lipinski definition) is 3. The molecule has 0 aliphatic rings. The van der Waals surface area contributed by atoms with Gasteiger partial charge >= 0.3 is 0 Å². The van der Waals surface area contributed by atoms with E-state index in [1.165, 1.54) is 11.3 Å². The molecule has 0 atom stereocenters. The minimum absolute atomic E-state index is 0.324. The molecule has 1 heterocycles. The number of nitrogens with two attached hydrogens (primary N) is 2. The minimum atomic E-state index is 0.324. The van der Waals surface area contributed by atoms with Crippen molar-refractivity contribution in [3.8, 4) is 6.07 Å². The van der Waals surface area contributed by atoms with Crippen molar-refractivity contribution in [1.82, 2.24) is 4.98 Å². The highest BCUT2D eigenvalue weighted by Gasteiger charge is 2.03. The van der Waals surface area contributed by atoms with E-state index < -0.39 is 0 Å². The molecular weight excluding hydrogens is 328 g/mol. The van der Waals surface area contributed by atoms with E-state index >= 15 is 0 Å². The van der Waals surface area contributed by atoms with Crippen molar-refractivity contribution in [2.24, 2.45) is 10.7 Å². The first-order chi connectivity index (χ1) is 11.2. The Bertz CT molecular complexity index is 704. The van der Waals surface area contributed by atoms with Crippen LogP contribution in [0, 0.1) is 11.3 Å². The van der Waals surface area contributed by atoms with E-state index in [4.69, 9.17) is 16.7 Å². The highest BCUT2D eigenvalue weighted by atomic mass is 32.2. The molecule has 0 fully saturated rings. The summed E-state index contributed by atoms with van der Waals surface area (Å²) in [5.41, 5.74) is 14.3. The average Bonchev–Trinajstić information content (AvgIpc) is 2.97. The second-order valence-corrected chi connectivity index (χ2v) is 6.64. The van der Waals surface area contributed by atoms with Gasteiger partial charge in [-0.25, -0.2) is 9.98 Å². The summed E-state index contributed by atoms with van der Waals surface area (Å²) >= 11 is 3.18. The molecule has 2 rings (SSSR count). The summed E-state index contributed by atoms with van der Waals surface area (Å²) < 4.78 is 0. The molecule has 0 spiro atoms. The molecule has 0 amide bonds. The molecule has 0 aliphatic heterocycles. The predicted octanol–water partition coefficient (Wildman–Crippen LogP) is 2.80. The number of nitrogens with zero attached hydrogens (tertiary/aromatic N) is 3. The van der Waals surface area contributed by atoms with Crippen LogP contribution in [0.25, 0.3) is 0 Å². The lowest BCUT2D eigenvalue weighted by molar-refractivity contribution is 1.06. The van der Waals surface area contributed by atoms with E-state index in [1.807, 2.05) is 29.6 Å². The van der Waals surface area contributed by atoms with Crippen LogP contribution in [0.2, 0.25) is 0 Å². The Morgan fingerprint density at radius 2 is 2.35 bits per heavy atom. The van der Waals surface area contributed by atoms with Crippen molar-refractivity contribution in [1.29, 1.82) is 5.26 Å². The number of nitrogen functional groups attached to an aromatic ring is 1. The van der Waals surface area contributed by atoms with E-state index in [0.717, 1.165) is 27.9 Å². The van der Waals surface area contributed by atoms with Gasteiger partial charge in [-0.2, -0.15) is 17.0 Å². The first-order valence-corrected chi connectivity index (χ1v) is 9.01. The van der Waals surface area contributed by atoms with E-state index in [-0.39, 0.29) is 0 Å². The number of benzene rings is 1. The third-order valence-electron chi connectivity index (χ3n) is 2.78. The second-order valence-electron chi connectivity index (χ2n) is 4.68. The molecule has 0 unspecified atom stereocenters. The maximum Gasteiger partial charge on any atom is 0.195 e. The molecule has 1 aromatic heterocycles. The number of hydrogen-bond acceptors (Lipinski definition) is 6. The number of nitrogens with one attached hydrogen (secondary N) is 1. The van der Waals surface area contributed by atoms with Crippen LogP contribution >= 0.6 is 23.1 Å². The second kappa shape index (κ2) is 9.02. The van der Waals surface area contributed by atoms with Crippen molar-refractivity contribution in [2.45, 2.75) is 18.7 Å². The van der Waals surface area contributed by atoms with E-state index in [0.29, 0.717) is 24.6 Å². The van der Waals surface area contributed by atoms with Gasteiger partial charge < -0.3 is 16.8 Å². The summed E-state index contributed by atoms with van der Waals surface area (Å²) in [6.07, 6.45) is 0.559. The highest BCUT2D eigenvalue weighted by molar-refractivity contribution is 7.98. The van der Waals surface area contributed by atoms with Gasteiger partial charge in [0.2, 0.25) is 0 Å². The molecule has 6 nitrogen and oxygen atoms in total. The Balaban J connectivity index is 1.83. The Morgan fingerprint density at radius 1 is 1.48 bits per heavy atom. The van der Waals surface area contributed by atoms with Crippen LogP contribution in [0.3, 0.4) is 0 Å². The molecule has 0 radical (unpaired) electrons. The zero-order chi connectivity index (χ0) is 16.5. The molecule has 23 heavy (non-hydrogen) atoms. The topological polar surface area (TPSA) is 113 Å². The molecular formula is C15H18N6S2. The third kappa shape index (κ3) is 6.18. The first-order valence-electron chi connectivity index (χ1n) is 6.98. The Labute approximate surface area is 143 Å². The summed E-state index contributed by atoms with van der Waals surface area (Å²) in [7, 11) is 0. The van der Waals surface area contributed by atoms with Gasteiger partial charge in [-0.1, -0.05) is 12.1 Å². The quantitative estimate of drug-likeness (QED) is 0.307. The van der Waals surface area contributed by atoms with E-state index in [2.05, 4.69) is 21.4 Å². The smallest absolute Gasteiger partial charge is 0.195 e. The van der Waals surface area contributed by atoms with Crippen LogP contribution in [-0.2, 0) is 12.3 Å². The molecule has 1 aromatic carbocycles.